The van der Waals surface area contributed by atoms with Gasteiger partial charge in [-0.1, -0.05) is 12.1 Å². The van der Waals surface area contributed by atoms with Crippen molar-refractivity contribution in [3.05, 3.63) is 53.1 Å². The van der Waals surface area contributed by atoms with Gasteiger partial charge in [0.15, 0.2) is 11.5 Å². The summed E-state index contributed by atoms with van der Waals surface area (Å²) in [5.41, 5.74) is 4.04. The lowest BCUT2D eigenvalue weighted by molar-refractivity contribution is 0.354. The topological polar surface area (TPSA) is 39.7 Å². The third-order valence-electron chi connectivity index (χ3n) is 4.64. The standard InChI is InChI=1S/C20H25NO3/c1-22-18-6-5-15-8-9-21-17(12-16(15)13-18)10-14-4-7-19(23-2)20(11-14)24-3/h4-7,11,13,17,21H,8-10,12H2,1-3H3. The molecular formula is C20H25NO3. The third-order valence-corrected chi connectivity index (χ3v) is 4.64. The van der Waals surface area contributed by atoms with Crippen molar-refractivity contribution in [1.29, 1.82) is 0 Å². The van der Waals surface area contributed by atoms with Gasteiger partial charge in [0.25, 0.3) is 0 Å². The Morgan fingerprint density at radius 1 is 0.917 bits per heavy atom. The first-order valence-corrected chi connectivity index (χ1v) is 8.33. The van der Waals surface area contributed by atoms with Crippen molar-refractivity contribution in [2.24, 2.45) is 0 Å². The monoisotopic (exact) mass is 327 g/mol. The molecule has 0 aromatic heterocycles. The molecule has 0 spiro atoms. The number of fused-ring (bicyclic) bond motifs is 1. The number of hydrogen-bond donors (Lipinski definition) is 1. The Labute approximate surface area is 143 Å². The van der Waals surface area contributed by atoms with Gasteiger partial charge in [0.1, 0.15) is 5.75 Å². The highest BCUT2D eigenvalue weighted by molar-refractivity contribution is 5.43. The molecule has 1 heterocycles. The first-order chi connectivity index (χ1) is 11.7. The molecule has 4 heteroatoms. The Balaban J connectivity index is 1.77. The highest BCUT2D eigenvalue weighted by Crippen LogP contribution is 2.29. The molecule has 0 radical (unpaired) electrons. The number of ether oxygens (including phenoxy) is 3. The van der Waals surface area contributed by atoms with Crippen LogP contribution in [0.15, 0.2) is 36.4 Å². The molecule has 4 nitrogen and oxygen atoms in total. The summed E-state index contributed by atoms with van der Waals surface area (Å²) in [5, 5.41) is 3.67. The predicted molar refractivity (Wildman–Crippen MR) is 95.4 cm³/mol. The van der Waals surface area contributed by atoms with Gasteiger partial charge >= 0.3 is 0 Å². The fourth-order valence-corrected chi connectivity index (χ4v) is 3.35. The summed E-state index contributed by atoms with van der Waals surface area (Å²) < 4.78 is 16.1. The maximum absolute atomic E-state index is 5.42. The Bertz CT molecular complexity index is 699. The number of methoxy groups -OCH3 is 3. The predicted octanol–water partition coefficient (Wildman–Crippen LogP) is 3.01. The average molecular weight is 327 g/mol. The zero-order chi connectivity index (χ0) is 16.9. The van der Waals surface area contributed by atoms with E-state index in [1.165, 1.54) is 16.7 Å². The van der Waals surface area contributed by atoms with Crippen LogP contribution in [-0.2, 0) is 19.3 Å². The van der Waals surface area contributed by atoms with Crippen LogP contribution in [0.25, 0.3) is 0 Å². The minimum absolute atomic E-state index is 0.399. The molecule has 1 unspecified atom stereocenters. The van der Waals surface area contributed by atoms with E-state index in [2.05, 4.69) is 29.6 Å². The fourth-order valence-electron chi connectivity index (χ4n) is 3.35. The lowest BCUT2D eigenvalue weighted by atomic mass is 9.96. The molecule has 0 saturated heterocycles. The van der Waals surface area contributed by atoms with Gasteiger partial charge in [0.2, 0.25) is 0 Å². The Morgan fingerprint density at radius 2 is 1.75 bits per heavy atom. The summed E-state index contributed by atoms with van der Waals surface area (Å²) in [7, 11) is 5.06. The lowest BCUT2D eigenvalue weighted by Crippen LogP contribution is -2.32. The quantitative estimate of drug-likeness (QED) is 0.916. The highest BCUT2D eigenvalue weighted by Gasteiger charge is 2.18. The number of nitrogens with one attached hydrogen (secondary N) is 1. The van der Waals surface area contributed by atoms with E-state index in [-0.39, 0.29) is 0 Å². The zero-order valence-corrected chi connectivity index (χ0v) is 14.6. The van der Waals surface area contributed by atoms with Crippen molar-refractivity contribution >= 4 is 0 Å². The van der Waals surface area contributed by atoms with Crippen molar-refractivity contribution in [2.75, 3.05) is 27.9 Å². The van der Waals surface area contributed by atoms with E-state index >= 15 is 0 Å². The zero-order valence-electron chi connectivity index (χ0n) is 14.6. The normalized spacial score (nSPS) is 16.9. The van der Waals surface area contributed by atoms with Crippen molar-refractivity contribution in [2.45, 2.75) is 25.3 Å². The first-order valence-electron chi connectivity index (χ1n) is 8.33. The molecule has 0 aliphatic carbocycles. The van der Waals surface area contributed by atoms with Gasteiger partial charge < -0.3 is 19.5 Å². The van der Waals surface area contributed by atoms with Crippen LogP contribution in [0.4, 0.5) is 0 Å². The number of benzene rings is 2. The molecule has 3 rings (SSSR count). The molecule has 128 valence electrons. The van der Waals surface area contributed by atoms with E-state index in [0.717, 1.165) is 43.1 Å². The molecule has 0 saturated carbocycles. The van der Waals surface area contributed by atoms with Gasteiger partial charge in [-0.25, -0.2) is 0 Å². The molecule has 2 aromatic carbocycles. The molecule has 1 N–H and O–H groups in total. The molecule has 1 aliphatic rings. The summed E-state index contributed by atoms with van der Waals surface area (Å²) in [5.74, 6) is 2.48. The van der Waals surface area contributed by atoms with Crippen molar-refractivity contribution < 1.29 is 14.2 Å². The average Bonchev–Trinajstić information content (AvgIpc) is 2.82. The SMILES string of the molecule is COc1ccc2c(c1)CC(Cc1ccc(OC)c(OC)c1)NCC2. The first kappa shape index (κ1) is 16.7. The second-order valence-corrected chi connectivity index (χ2v) is 6.13. The van der Waals surface area contributed by atoms with E-state index in [1.54, 1.807) is 21.3 Å². The molecule has 1 aliphatic heterocycles. The van der Waals surface area contributed by atoms with Crippen molar-refractivity contribution in [3.63, 3.8) is 0 Å². The minimum atomic E-state index is 0.399. The van der Waals surface area contributed by atoms with Gasteiger partial charge in [0, 0.05) is 6.04 Å². The highest BCUT2D eigenvalue weighted by atomic mass is 16.5. The Morgan fingerprint density at radius 3 is 2.50 bits per heavy atom. The van der Waals surface area contributed by atoms with Gasteiger partial charge in [-0.15, -0.1) is 0 Å². The summed E-state index contributed by atoms with van der Waals surface area (Å²) in [6.45, 7) is 0.997. The third kappa shape index (κ3) is 3.65. The van der Waals surface area contributed by atoms with E-state index in [4.69, 9.17) is 14.2 Å². The summed E-state index contributed by atoms with van der Waals surface area (Å²) in [6.07, 6.45) is 3.01. The maximum Gasteiger partial charge on any atom is 0.160 e. The van der Waals surface area contributed by atoms with E-state index in [1.807, 2.05) is 12.1 Å². The van der Waals surface area contributed by atoms with Gasteiger partial charge in [-0.05, 0) is 66.8 Å². The fraction of sp³-hybridized carbons (Fsp3) is 0.400. The second kappa shape index (κ2) is 7.58. The molecule has 1 atom stereocenters. The smallest absolute Gasteiger partial charge is 0.160 e. The van der Waals surface area contributed by atoms with E-state index < -0.39 is 0 Å². The maximum atomic E-state index is 5.42. The van der Waals surface area contributed by atoms with Gasteiger partial charge in [-0.2, -0.15) is 0 Å². The van der Waals surface area contributed by atoms with Crippen molar-refractivity contribution in [1.82, 2.24) is 5.32 Å². The van der Waals surface area contributed by atoms with Crippen LogP contribution in [-0.4, -0.2) is 33.9 Å². The number of hydrogen-bond acceptors (Lipinski definition) is 4. The molecular weight excluding hydrogens is 302 g/mol. The van der Waals surface area contributed by atoms with Crippen LogP contribution < -0.4 is 19.5 Å². The van der Waals surface area contributed by atoms with Crippen LogP contribution in [0.2, 0.25) is 0 Å². The van der Waals surface area contributed by atoms with Crippen LogP contribution in [0.1, 0.15) is 16.7 Å². The molecule has 2 aromatic rings. The van der Waals surface area contributed by atoms with Crippen LogP contribution in [0, 0.1) is 0 Å². The van der Waals surface area contributed by atoms with Crippen molar-refractivity contribution in [3.8, 4) is 17.2 Å². The van der Waals surface area contributed by atoms with E-state index in [9.17, 15) is 0 Å². The minimum Gasteiger partial charge on any atom is -0.497 e. The van der Waals surface area contributed by atoms with Gasteiger partial charge in [0.05, 0.1) is 21.3 Å². The molecule has 0 bridgehead atoms. The molecule has 0 fully saturated rings. The lowest BCUT2D eigenvalue weighted by Gasteiger charge is -2.18. The van der Waals surface area contributed by atoms with Crippen LogP contribution in [0.5, 0.6) is 17.2 Å². The summed E-state index contributed by atoms with van der Waals surface area (Å²) in [4.78, 5) is 0. The Kier molecular flexibility index (Phi) is 5.26. The Hall–Kier alpha value is -2.20. The largest absolute Gasteiger partial charge is 0.497 e. The molecule has 0 amide bonds. The summed E-state index contributed by atoms with van der Waals surface area (Å²) in [6, 6.07) is 13.0. The van der Waals surface area contributed by atoms with Crippen LogP contribution in [0.3, 0.4) is 0 Å². The van der Waals surface area contributed by atoms with Crippen LogP contribution >= 0.6 is 0 Å². The second-order valence-electron chi connectivity index (χ2n) is 6.13. The number of rotatable bonds is 5. The summed E-state index contributed by atoms with van der Waals surface area (Å²) >= 11 is 0. The molecule has 24 heavy (non-hydrogen) atoms. The van der Waals surface area contributed by atoms with Gasteiger partial charge in [-0.3, -0.25) is 0 Å². The van der Waals surface area contributed by atoms with E-state index in [0.29, 0.717) is 6.04 Å².